The van der Waals surface area contributed by atoms with E-state index in [0.717, 1.165) is 16.0 Å². The van der Waals surface area contributed by atoms with Crippen LogP contribution in [0.25, 0.3) is 23.4 Å². The van der Waals surface area contributed by atoms with Crippen LogP contribution in [0.2, 0.25) is 5.15 Å². The summed E-state index contributed by atoms with van der Waals surface area (Å²) in [5.74, 6) is 0. The molecule has 0 radical (unpaired) electrons. The first-order valence-corrected chi connectivity index (χ1v) is 4.98. The van der Waals surface area contributed by atoms with Gasteiger partial charge in [0.2, 0.25) is 0 Å². The second-order valence-electron chi connectivity index (χ2n) is 3.21. The van der Waals surface area contributed by atoms with Gasteiger partial charge >= 0.3 is 0 Å². The van der Waals surface area contributed by atoms with Crippen molar-refractivity contribution < 1.29 is 0 Å². The maximum Gasteiger partial charge on any atom is 0.137 e. The number of allylic oxidation sites excluding steroid dienone is 1. The third kappa shape index (κ3) is 1.66. The molecule has 2 aromatic rings. The van der Waals surface area contributed by atoms with E-state index in [0.29, 0.717) is 10.5 Å². The average Bonchev–Trinajstić information content (AvgIpc) is 2.24. The SMILES string of the molecule is C=C/C=c1\c(=C)nc(Cl)c2ccccc12. The van der Waals surface area contributed by atoms with Gasteiger partial charge in [-0.05, 0) is 5.39 Å². The van der Waals surface area contributed by atoms with E-state index in [2.05, 4.69) is 18.1 Å². The lowest BCUT2D eigenvalue weighted by Crippen LogP contribution is -2.27. The molecule has 1 heterocycles. The first-order valence-electron chi connectivity index (χ1n) is 4.60. The largest absolute Gasteiger partial charge is 0.236 e. The van der Waals surface area contributed by atoms with Crippen molar-refractivity contribution in [2.45, 2.75) is 0 Å². The Morgan fingerprint density at radius 1 is 1.20 bits per heavy atom. The average molecular weight is 216 g/mol. The Hall–Kier alpha value is -1.60. The Morgan fingerprint density at radius 3 is 2.53 bits per heavy atom. The predicted molar refractivity (Wildman–Crippen MR) is 66.2 cm³/mol. The maximum atomic E-state index is 6.04. The smallest absolute Gasteiger partial charge is 0.137 e. The third-order valence-corrected chi connectivity index (χ3v) is 2.56. The first kappa shape index (κ1) is 9.94. The standard InChI is InChI=1S/C13H10ClN/c1-3-6-10-9(2)15-13(14)12-8-5-4-7-11(10)12/h3-8H,1-2H2/b10-6+. The summed E-state index contributed by atoms with van der Waals surface area (Å²) in [6.07, 6.45) is 3.63. The van der Waals surface area contributed by atoms with E-state index in [4.69, 9.17) is 11.6 Å². The molecule has 1 aromatic heterocycles. The Balaban J connectivity index is 3.10. The van der Waals surface area contributed by atoms with Crippen LogP contribution in [-0.2, 0) is 0 Å². The monoisotopic (exact) mass is 215 g/mol. The molecule has 0 N–H and O–H groups in total. The number of benzene rings is 1. The summed E-state index contributed by atoms with van der Waals surface area (Å²) in [5, 5.41) is 4.16. The molecule has 0 aliphatic heterocycles. The molecule has 0 amide bonds. The zero-order valence-electron chi connectivity index (χ0n) is 8.20. The summed E-state index contributed by atoms with van der Waals surface area (Å²) in [5.41, 5.74) is 0. The zero-order chi connectivity index (χ0) is 10.8. The molecule has 2 heteroatoms. The topological polar surface area (TPSA) is 12.9 Å². The normalized spacial score (nSPS) is 11.9. The highest BCUT2D eigenvalue weighted by atomic mass is 35.5. The number of rotatable bonds is 1. The fraction of sp³-hybridized carbons (Fsp3) is 0. The van der Waals surface area contributed by atoms with Crippen LogP contribution < -0.4 is 10.6 Å². The van der Waals surface area contributed by atoms with Gasteiger partial charge in [0.15, 0.2) is 0 Å². The van der Waals surface area contributed by atoms with Crippen molar-refractivity contribution >= 4 is 35.0 Å². The lowest BCUT2D eigenvalue weighted by molar-refractivity contribution is 1.26. The van der Waals surface area contributed by atoms with Crippen molar-refractivity contribution in [1.82, 2.24) is 4.98 Å². The van der Waals surface area contributed by atoms with Crippen molar-refractivity contribution in [3.63, 3.8) is 0 Å². The molecule has 0 bridgehead atoms. The van der Waals surface area contributed by atoms with Gasteiger partial charge in [-0.2, -0.15) is 0 Å². The Morgan fingerprint density at radius 2 is 1.87 bits per heavy atom. The van der Waals surface area contributed by atoms with Crippen LogP contribution in [0.15, 0.2) is 36.9 Å². The van der Waals surface area contributed by atoms with Gasteiger partial charge in [0.1, 0.15) is 5.15 Å². The quantitative estimate of drug-likeness (QED) is 0.665. The molecule has 1 nitrogen and oxygen atoms in total. The number of hydrogen-bond donors (Lipinski definition) is 0. The third-order valence-electron chi connectivity index (χ3n) is 2.27. The molecule has 0 fully saturated rings. The van der Waals surface area contributed by atoms with E-state index in [-0.39, 0.29) is 0 Å². The molecule has 1 aromatic carbocycles. The highest BCUT2D eigenvalue weighted by molar-refractivity contribution is 6.34. The molecular weight excluding hydrogens is 206 g/mol. The fourth-order valence-corrected chi connectivity index (χ4v) is 1.86. The van der Waals surface area contributed by atoms with Crippen LogP contribution in [0.1, 0.15) is 0 Å². The lowest BCUT2D eigenvalue weighted by Gasteiger charge is -2.00. The van der Waals surface area contributed by atoms with Gasteiger partial charge in [0, 0.05) is 10.6 Å². The van der Waals surface area contributed by atoms with Gasteiger partial charge in [-0.3, -0.25) is 0 Å². The maximum absolute atomic E-state index is 6.04. The van der Waals surface area contributed by atoms with Crippen LogP contribution in [0.3, 0.4) is 0 Å². The minimum atomic E-state index is 0.497. The summed E-state index contributed by atoms with van der Waals surface area (Å²) in [7, 11) is 0. The van der Waals surface area contributed by atoms with Crippen molar-refractivity contribution in [3.8, 4) is 0 Å². The van der Waals surface area contributed by atoms with E-state index in [1.54, 1.807) is 6.08 Å². The summed E-state index contributed by atoms with van der Waals surface area (Å²) >= 11 is 6.04. The first-order chi connectivity index (χ1) is 7.24. The van der Waals surface area contributed by atoms with Crippen molar-refractivity contribution in [2.75, 3.05) is 0 Å². The molecule has 15 heavy (non-hydrogen) atoms. The Bertz CT molecular complexity index is 629. The van der Waals surface area contributed by atoms with Crippen molar-refractivity contribution in [3.05, 3.63) is 52.6 Å². The second-order valence-corrected chi connectivity index (χ2v) is 3.57. The minimum absolute atomic E-state index is 0.497. The highest BCUT2D eigenvalue weighted by Gasteiger charge is 2.00. The molecule has 0 unspecified atom stereocenters. The van der Waals surface area contributed by atoms with Crippen LogP contribution in [0.4, 0.5) is 0 Å². The van der Waals surface area contributed by atoms with E-state index < -0.39 is 0 Å². The number of fused-ring (bicyclic) bond motifs is 1. The fourth-order valence-electron chi connectivity index (χ4n) is 1.60. The second kappa shape index (κ2) is 3.87. The van der Waals surface area contributed by atoms with Crippen LogP contribution >= 0.6 is 11.6 Å². The molecule has 2 rings (SSSR count). The van der Waals surface area contributed by atoms with Crippen molar-refractivity contribution in [2.24, 2.45) is 0 Å². The number of pyridine rings is 1. The van der Waals surface area contributed by atoms with Crippen LogP contribution in [-0.4, -0.2) is 4.98 Å². The molecule has 0 aliphatic rings. The minimum Gasteiger partial charge on any atom is -0.236 e. The van der Waals surface area contributed by atoms with Crippen LogP contribution in [0.5, 0.6) is 0 Å². The van der Waals surface area contributed by atoms with Gasteiger partial charge in [-0.15, -0.1) is 0 Å². The van der Waals surface area contributed by atoms with Crippen LogP contribution in [0, 0.1) is 0 Å². The van der Waals surface area contributed by atoms with Gasteiger partial charge in [0.05, 0.1) is 5.35 Å². The lowest BCUT2D eigenvalue weighted by atomic mass is 10.1. The zero-order valence-corrected chi connectivity index (χ0v) is 8.96. The number of nitrogens with zero attached hydrogens (tertiary/aromatic N) is 1. The molecular formula is C13H10ClN. The summed E-state index contributed by atoms with van der Waals surface area (Å²) < 4.78 is 0. The van der Waals surface area contributed by atoms with Gasteiger partial charge in [-0.25, -0.2) is 4.98 Å². The molecule has 0 atom stereocenters. The Labute approximate surface area is 93.0 Å². The Kier molecular flexibility index (Phi) is 2.57. The molecule has 0 aliphatic carbocycles. The van der Waals surface area contributed by atoms with Crippen molar-refractivity contribution in [1.29, 1.82) is 0 Å². The highest BCUT2D eigenvalue weighted by Crippen LogP contribution is 2.15. The van der Waals surface area contributed by atoms with E-state index >= 15 is 0 Å². The van der Waals surface area contributed by atoms with E-state index in [1.807, 2.05) is 30.3 Å². The summed E-state index contributed by atoms with van der Waals surface area (Å²) in [4.78, 5) is 4.20. The van der Waals surface area contributed by atoms with E-state index in [9.17, 15) is 0 Å². The number of halogens is 1. The number of aromatic nitrogens is 1. The molecule has 0 spiro atoms. The molecule has 0 saturated carbocycles. The van der Waals surface area contributed by atoms with Gasteiger partial charge < -0.3 is 0 Å². The summed E-state index contributed by atoms with van der Waals surface area (Å²) in [6, 6.07) is 7.87. The van der Waals surface area contributed by atoms with Gasteiger partial charge in [0.25, 0.3) is 0 Å². The molecule has 74 valence electrons. The van der Waals surface area contributed by atoms with Gasteiger partial charge in [-0.1, -0.05) is 61.2 Å². The molecule has 0 saturated heterocycles. The van der Waals surface area contributed by atoms with E-state index in [1.165, 1.54) is 0 Å². The predicted octanol–water partition coefficient (Wildman–Crippen LogP) is 2.27. The summed E-state index contributed by atoms with van der Waals surface area (Å²) in [6.45, 7) is 7.56. The number of hydrogen-bond acceptors (Lipinski definition) is 1.